The number of amides is 1. The van der Waals surface area contributed by atoms with E-state index in [9.17, 15) is 4.79 Å². The van der Waals surface area contributed by atoms with Crippen molar-refractivity contribution in [3.05, 3.63) is 0 Å². The number of rotatable bonds is 6. The normalized spacial score (nSPS) is 17.1. The first-order chi connectivity index (χ1) is 10.1. The van der Waals surface area contributed by atoms with Gasteiger partial charge in [-0.25, -0.2) is 4.79 Å². The van der Waals surface area contributed by atoms with Gasteiger partial charge < -0.3 is 9.64 Å². The van der Waals surface area contributed by atoms with Gasteiger partial charge in [0, 0.05) is 39.1 Å². The second-order valence-corrected chi connectivity index (χ2v) is 5.78. The van der Waals surface area contributed by atoms with Crippen molar-refractivity contribution in [1.29, 1.82) is 10.5 Å². The van der Waals surface area contributed by atoms with Crippen molar-refractivity contribution >= 4 is 6.09 Å². The van der Waals surface area contributed by atoms with E-state index in [0.29, 0.717) is 45.0 Å². The first-order valence-corrected chi connectivity index (χ1v) is 7.47. The largest absolute Gasteiger partial charge is 0.449 e. The van der Waals surface area contributed by atoms with Crippen LogP contribution in [-0.4, -0.2) is 55.2 Å². The molecule has 116 valence electrons. The van der Waals surface area contributed by atoms with Crippen LogP contribution in [-0.2, 0) is 4.74 Å². The molecule has 0 aliphatic carbocycles. The second-order valence-electron chi connectivity index (χ2n) is 5.78. The number of carbonyl (C=O) groups is 1. The highest BCUT2D eigenvalue weighted by Gasteiger charge is 2.23. The van der Waals surface area contributed by atoms with Gasteiger partial charge in [0.05, 0.1) is 24.7 Å². The molecule has 1 unspecified atom stereocenters. The molecular weight excluding hydrogens is 268 g/mol. The van der Waals surface area contributed by atoms with Crippen LogP contribution in [0.4, 0.5) is 4.79 Å². The molecule has 0 aromatic heterocycles. The molecule has 1 heterocycles. The summed E-state index contributed by atoms with van der Waals surface area (Å²) >= 11 is 0. The van der Waals surface area contributed by atoms with Gasteiger partial charge in [-0.3, -0.25) is 4.90 Å². The van der Waals surface area contributed by atoms with Gasteiger partial charge in [0.2, 0.25) is 0 Å². The first kappa shape index (κ1) is 17.3. The van der Waals surface area contributed by atoms with Crippen molar-refractivity contribution in [2.45, 2.75) is 26.7 Å². The average molecular weight is 292 g/mol. The zero-order valence-corrected chi connectivity index (χ0v) is 12.9. The van der Waals surface area contributed by atoms with Gasteiger partial charge in [-0.05, 0) is 12.3 Å². The summed E-state index contributed by atoms with van der Waals surface area (Å²) in [6.45, 7) is 7.91. The maximum Gasteiger partial charge on any atom is 0.409 e. The maximum atomic E-state index is 11.8. The fourth-order valence-corrected chi connectivity index (χ4v) is 2.19. The van der Waals surface area contributed by atoms with Gasteiger partial charge in [-0.1, -0.05) is 13.8 Å². The molecule has 6 heteroatoms. The third-order valence-electron chi connectivity index (χ3n) is 3.44. The standard InChI is InChI=1S/C15H24N4O2/c1-13(2)12-21-15(20)19-8-6-18(7-9-19)11-14(10-17)4-3-5-16/h13-14H,3-4,6-9,11-12H2,1-2H3. The Morgan fingerprint density at radius 1 is 1.24 bits per heavy atom. The Kier molecular flexibility index (Phi) is 7.56. The summed E-state index contributed by atoms with van der Waals surface area (Å²) < 4.78 is 5.21. The molecular formula is C15H24N4O2. The summed E-state index contributed by atoms with van der Waals surface area (Å²) in [6, 6.07) is 4.33. The number of nitriles is 2. The third-order valence-corrected chi connectivity index (χ3v) is 3.44. The minimum Gasteiger partial charge on any atom is -0.449 e. The lowest BCUT2D eigenvalue weighted by Gasteiger charge is -2.34. The molecule has 1 fully saturated rings. The number of carbonyl (C=O) groups excluding carboxylic acids is 1. The molecule has 0 spiro atoms. The predicted octanol–water partition coefficient (Wildman–Crippen LogP) is 1.84. The molecule has 6 nitrogen and oxygen atoms in total. The molecule has 1 aliphatic rings. The summed E-state index contributed by atoms with van der Waals surface area (Å²) in [6.07, 6.45) is 0.785. The average Bonchev–Trinajstić information content (AvgIpc) is 2.49. The minimum atomic E-state index is -0.246. The number of ether oxygens (including phenoxy) is 1. The van der Waals surface area contributed by atoms with Crippen molar-refractivity contribution in [1.82, 2.24) is 9.80 Å². The van der Waals surface area contributed by atoms with E-state index in [4.69, 9.17) is 15.3 Å². The van der Waals surface area contributed by atoms with Crippen LogP contribution in [0, 0.1) is 34.5 Å². The van der Waals surface area contributed by atoms with Crippen molar-refractivity contribution in [3.63, 3.8) is 0 Å². The predicted molar refractivity (Wildman–Crippen MR) is 78.1 cm³/mol. The van der Waals surface area contributed by atoms with Crippen molar-refractivity contribution in [3.8, 4) is 12.1 Å². The van der Waals surface area contributed by atoms with E-state index in [1.54, 1.807) is 4.90 Å². The topological polar surface area (TPSA) is 80.4 Å². The molecule has 1 amide bonds. The number of piperazine rings is 1. The second kappa shape index (κ2) is 9.20. The van der Waals surface area contributed by atoms with E-state index in [0.717, 1.165) is 13.1 Å². The van der Waals surface area contributed by atoms with Crippen LogP contribution in [0.1, 0.15) is 26.7 Å². The number of nitrogens with zero attached hydrogens (tertiary/aromatic N) is 4. The van der Waals surface area contributed by atoms with E-state index in [1.807, 2.05) is 13.8 Å². The molecule has 1 rings (SSSR count). The fraction of sp³-hybridized carbons (Fsp3) is 0.800. The fourth-order valence-electron chi connectivity index (χ4n) is 2.19. The van der Waals surface area contributed by atoms with E-state index in [2.05, 4.69) is 17.0 Å². The van der Waals surface area contributed by atoms with Gasteiger partial charge >= 0.3 is 6.09 Å². The van der Waals surface area contributed by atoms with Crippen LogP contribution in [0.5, 0.6) is 0 Å². The monoisotopic (exact) mass is 292 g/mol. The summed E-state index contributed by atoms with van der Waals surface area (Å²) in [4.78, 5) is 15.7. The SMILES string of the molecule is CC(C)COC(=O)N1CCN(CC(C#N)CCC#N)CC1. The van der Waals surface area contributed by atoms with Crippen LogP contribution in [0.15, 0.2) is 0 Å². The number of hydrogen-bond acceptors (Lipinski definition) is 5. The van der Waals surface area contributed by atoms with Crippen molar-refractivity contribution < 1.29 is 9.53 Å². The molecule has 1 atom stereocenters. The molecule has 21 heavy (non-hydrogen) atoms. The van der Waals surface area contributed by atoms with Gasteiger partial charge in [0.25, 0.3) is 0 Å². The molecule has 0 saturated carbocycles. The quantitative estimate of drug-likeness (QED) is 0.746. The molecule has 1 aliphatic heterocycles. The first-order valence-electron chi connectivity index (χ1n) is 7.47. The van der Waals surface area contributed by atoms with Crippen molar-refractivity contribution in [2.75, 3.05) is 39.3 Å². The van der Waals surface area contributed by atoms with Gasteiger partial charge in [-0.15, -0.1) is 0 Å². The van der Waals surface area contributed by atoms with E-state index < -0.39 is 0 Å². The van der Waals surface area contributed by atoms with Gasteiger partial charge in [-0.2, -0.15) is 10.5 Å². The molecule has 1 saturated heterocycles. The summed E-state index contributed by atoms with van der Waals surface area (Å²) in [7, 11) is 0. The smallest absolute Gasteiger partial charge is 0.409 e. The number of hydrogen-bond donors (Lipinski definition) is 0. The lowest BCUT2D eigenvalue weighted by Crippen LogP contribution is -2.50. The Labute approximate surface area is 126 Å². The minimum absolute atomic E-state index is 0.107. The lowest BCUT2D eigenvalue weighted by molar-refractivity contribution is 0.0670. The highest BCUT2D eigenvalue weighted by atomic mass is 16.6. The van der Waals surface area contributed by atoms with Gasteiger partial charge in [0.15, 0.2) is 0 Å². The lowest BCUT2D eigenvalue weighted by atomic mass is 10.0. The van der Waals surface area contributed by atoms with Crippen LogP contribution >= 0.6 is 0 Å². The Bertz CT molecular complexity index is 403. The van der Waals surface area contributed by atoms with E-state index in [-0.39, 0.29) is 12.0 Å². The Hall–Kier alpha value is -1.79. The van der Waals surface area contributed by atoms with Crippen LogP contribution in [0.25, 0.3) is 0 Å². The Morgan fingerprint density at radius 3 is 2.43 bits per heavy atom. The van der Waals surface area contributed by atoms with Crippen LogP contribution in [0.3, 0.4) is 0 Å². The molecule has 0 N–H and O–H groups in total. The van der Waals surface area contributed by atoms with E-state index in [1.165, 1.54) is 0 Å². The maximum absolute atomic E-state index is 11.8. The zero-order chi connectivity index (χ0) is 15.7. The molecule has 0 aromatic rings. The molecule has 0 bridgehead atoms. The summed E-state index contributed by atoms with van der Waals surface area (Å²) in [5.41, 5.74) is 0. The molecule has 0 radical (unpaired) electrons. The van der Waals surface area contributed by atoms with E-state index >= 15 is 0 Å². The summed E-state index contributed by atoms with van der Waals surface area (Å²) in [5, 5.41) is 17.6. The van der Waals surface area contributed by atoms with Crippen LogP contribution in [0.2, 0.25) is 0 Å². The van der Waals surface area contributed by atoms with Gasteiger partial charge in [0.1, 0.15) is 0 Å². The molecule has 0 aromatic carbocycles. The van der Waals surface area contributed by atoms with Crippen molar-refractivity contribution in [2.24, 2.45) is 11.8 Å². The Morgan fingerprint density at radius 2 is 1.90 bits per heavy atom. The Balaban J connectivity index is 2.30. The zero-order valence-electron chi connectivity index (χ0n) is 12.9. The summed E-state index contributed by atoms with van der Waals surface area (Å²) in [5.74, 6) is 0.232. The highest BCUT2D eigenvalue weighted by molar-refractivity contribution is 5.67. The van der Waals surface area contributed by atoms with Crippen LogP contribution < -0.4 is 0 Å². The third kappa shape index (κ3) is 6.46. The highest BCUT2D eigenvalue weighted by Crippen LogP contribution is 2.11.